The van der Waals surface area contributed by atoms with Crippen molar-refractivity contribution < 1.29 is 14.7 Å². The topological polar surface area (TPSA) is 124 Å². The van der Waals surface area contributed by atoms with Gasteiger partial charge in [0.25, 0.3) is 5.91 Å². The van der Waals surface area contributed by atoms with E-state index >= 15 is 0 Å². The number of anilines is 4. The summed E-state index contributed by atoms with van der Waals surface area (Å²) in [5.74, 6) is 0.702. The standard InChI is InChI=1S/C31H29N7O3/c1-37(2)18-5-10-29(40)33-22-13-11-21(12-14-22)30(41)34-23-6-3-7-24(20-23)35-31-32-17-15-28(36-31)38-19-16-25-26(38)8-4-9-27(25)39/h3-17,19-20,39H,18H2,1-2H3,(H,33,40)(H,34,41)(H,32,35,36)/b10-5+. The van der Waals surface area contributed by atoms with E-state index in [1.807, 2.05) is 54.0 Å². The van der Waals surface area contributed by atoms with Gasteiger partial charge in [-0.3, -0.25) is 9.59 Å². The van der Waals surface area contributed by atoms with E-state index in [-0.39, 0.29) is 17.6 Å². The SMILES string of the molecule is CN(C)C/C=C/C(=O)Nc1ccc(C(=O)Nc2cccc(Nc3nccc(-n4ccc5c(O)cccc54)n3)c2)cc1. The lowest BCUT2D eigenvalue weighted by Gasteiger charge is -2.11. The molecule has 0 aliphatic rings. The summed E-state index contributed by atoms with van der Waals surface area (Å²) in [5, 5.41) is 19.7. The minimum absolute atomic E-state index is 0.207. The molecule has 2 aromatic heterocycles. The van der Waals surface area contributed by atoms with Crippen LogP contribution in [0.25, 0.3) is 16.7 Å². The molecule has 0 radical (unpaired) electrons. The number of carbonyl (C=O) groups is 2. The molecule has 2 amide bonds. The summed E-state index contributed by atoms with van der Waals surface area (Å²) in [6.07, 6.45) is 6.75. The van der Waals surface area contributed by atoms with E-state index in [4.69, 9.17) is 0 Å². The highest BCUT2D eigenvalue weighted by Gasteiger charge is 2.10. The minimum atomic E-state index is -0.285. The lowest BCUT2D eigenvalue weighted by Crippen LogP contribution is -2.13. The first-order valence-corrected chi connectivity index (χ1v) is 12.9. The highest BCUT2D eigenvalue weighted by Crippen LogP contribution is 2.27. The molecule has 0 aliphatic heterocycles. The number of hydrogen-bond acceptors (Lipinski definition) is 7. The van der Waals surface area contributed by atoms with Crippen LogP contribution in [0, 0.1) is 0 Å². The molecule has 2 heterocycles. The number of carbonyl (C=O) groups excluding carboxylic acids is 2. The molecule has 41 heavy (non-hydrogen) atoms. The van der Waals surface area contributed by atoms with E-state index in [1.165, 1.54) is 6.08 Å². The number of phenolic OH excluding ortho intramolecular Hbond substituents is 1. The summed E-state index contributed by atoms with van der Waals surface area (Å²) in [4.78, 5) is 35.8. The summed E-state index contributed by atoms with van der Waals surface area (Å²) in [6.45, 7) is 0.667. The van der Waals surface area contributed by atoms with Crippen LogP contribution in [0.4, 0.5) is 23.0 Å². The molecule has 5 aromatic rings. The predicted molar refractivity (Wildman–Crippen MR) is 161 cm³/mol. The van der Waals surface area contributed by atoms with Gasteiger partial charge in [0.1, 0.15) is 11.6 Å². The number of rotatable bonds is 9. The second kappa shape index (κ2) is 12.1. The number of likely N-dealkylation sites (N-methyl/N-ethyl adjacent to an activating group) is 1. The fourth-order valence-electron chi connectivity index (χ4n) is 4.16. The van der Waals surface area contributed by atoms with Crippen LogP contribution in [0.1, 0.15) is 10.4 Å². The third kappa shape index (κ3) is 6.75. The van der Waals surface area contributed by atoms with E-state index in [1.54, 1.807) is 66.9 Å². The van der Waals surface area contributed by atoms with Gasteiger partial charge in [-0.05, 0) is 80.8 Å². The van der Waals surface area contributed by atoms with Crippen LogP contribution in [-0.4, -0.2) is 57.0 Å². The Morgan fingerprint density at radius 1 is 0.927 bits per heavy atom. The Morgan fingerprint density at radius 3 is 2.51 bits per heavy atom. The number of nitrogens with zero attached hydrogens (tertiary/aromatic N) is 4. The van der Waals surface area contributed by atoms with E-state index < -0.39 is 0 Å². The lowest BCUT2D eigenvalue weighted by molar-refractivity contribution is -0.111. The average molecular weight is 548 g/mol. The van der Waals surface area contributed by atoms with Crippen LogP contribution >= 0.6 is 0 Å². The minimum Gasteiger partial charge on any atom is -0.507 e. The summed E-state index contributed by atoms with van der Waals surface area (Å²) in [5.41, 5.74) is 3.15. The van der Waals surface area contributed by atoms with Gasteiger partial charge in [0.15, 0.2) is 0 Å². The molecule has 0 bridgehead atoms. The van der Waals surface area contributed by atoms with E-state index in [2.05, 4.69) is 25.9 Å². The van der Waals surface area contributed by atoms with Crippen molar-refractivity contribution in [2.45, 2.75) is 0 Å². The largest absolute Gasteiger partial charge is 0.507 e. The quantitative estimate of drug-likeness (QED) is 0.188. The molecule has 0 atom stereocenters. The van der Waals surface area contributed by atoms with Gasteiger partial charge in [0.2, 0.25) is 11.9 Å². The van der Waals surface area contributed by atoms with Crippen molar-refractivity contribution in [1.29, 1.82) is 0 Å². The Bertz CT molecular complexity index is 1730. The van der Waals surface area contributed by atoms with Crippen molar-refractivity contribution in [2.75, 3.05) is 36.6 Å². The van der Waals surface area contributed by atoms with Gasteiger partial charge in [0.05, 0.1) is 5.52 Å². The van der Waals surface area contributed by atoms with Crippen LogP contribution in [0.15, 0.2) is 103 Å². The number of hydrogen-bond donors (Lipinski definition) is 4. The molecule has 0 saturated heterocycles. The number of fused-ring (bicyclic) bond motifs is 1. The van der Waals surface area contributed by atoms with E-state index in [0.29, 0.717) is 40.9 Å². The Balaban J connectivity index is 1.23. The lowest BCUT2D eigenvalue weighted by atomic mass is 10.2. The summed E-state index contributed by atoms with van der Waals surface area (Å²) < 4.78 is 1.87. The van der Waals surface area contributed by atoms with Crippen LogP contribution in [0.5, 0.6) is 5.75 Å². The normalized spacial score (nSPS) is 11.2. The molecule has 5 rings (SSSR count). The van der Waals surface area contributed by atoms with Crippen LogP contribution in [0.2, 0.25) is 0 Å². The molecular formula is C31H29N7O3. The van der Waals surface area contributed by atoms with Gasteiger partial charge in [-0.2, -0.15) is 4.98 Å². The molecule has 0 aliphatic carbocycles. The van der Waals surface area contributed by atoms with Gasteiger partial charge in [0, 0.05) is 53.0 Å². The number of phenols is 1. The smallest absolute Gasteiger partial charge is 0.255 e. The first kappa shape index (κ1) is 27.1. The molecule has 0 spiro atoms. The zero-order chi connectivity index (χ0) is 28.8. The Labute approximate surface area is 237 Å². The van der Waals surface area contributed by atoms with Crippen molar-refractivity contribution in [3.63, 3.8) is 0 Å². The molecular weight excluding hydrogens is 518 g/mol. The monoisotopic (exact) mass is 547 g/mol. The molecule has 206 valence electrons. The van der Waals surface area contributed by atoms with Crippen molar-refractivity contribution in [1.82, 2.24) is 19.4 Å². The van der Waals surface area contributed by atoms with Gasteiger partial charge >= 0.3 is 0 Å². The molecule has 10 nitrogen and oxygen atoms in total. The van der Waals surface area contributed by atoms with Gasteiger partial charge in [-0.25, -0.2) is 4.98 Å². The van der Waals surface area contributed by atoms with Gasteiger partial charge < -0.3 is 30.5 Å². The van der Waals surface area contributed by atoms with Crippen molar-refractivity contribution in [3.8, 4) is 11.6 Å². The average Bonchev–Trinajstić information content (AvgIpc) is 3.39. The molecule has 3 aromatic carbocycles. The molecule has 10 heteroatoms. The maximum Gasteiger partial charge on any atom is 0.255 e. The zero-order valence-electron chi connectivity index (χ0n) is 22.6. The maximum absolute atomic E-state index is 12.8. The number of nitrogens with one attached hydrogen (secondary N) is 3. The van der Waals surface area contributed by atoms with Crippen LogP contribution < -0.4 is 16.0 Å². The van der Waals surface area contributed by atoms with Crippen molar-refractivity contribution in [2.24, 2.45) is 0 Å². The Hall–Kier alpha value is -5.48. The maximum atomic E-state index is 12.8. The molecule has 4 N–H and O–H groups in total. The predicted octanol–water partition coefficient (Wildman–Crippen LogP) is 5.18. The third-order valence-electron chi connectivity index (χ3n) is 6.13. The molecule has 0 saturated carbocycles. The number of aromatic nitrogens is 3. The second-order valence-electron chi connectivity index (χ2n) is 9.53. The van der Waals surface area contributed by atoms with Crippen molar-refractivity contribution in [3.05, 3.63) is 109 Å². The number of benzene rings is 3. The third-order valence-corrected chi connectivity index (χ3v) is 6.13. The summed E-state index contributed by atoms with van der Waals surface area (Å²) >= 11 is 0. The summed E-state index contributed by atoms with van der Waals surface area (Å²) in [6, 6.07) is 22.9. The molecule has 0 fully saturated rings. The van der Waals surface area contributed by atoms with E-state index in [0.717, 1.165) is 10.9 Å². The first-order chi connectivity index (χ1) is 19.9. The fraction of sp³-hybridized carbons (Fsp3) is 0.0968. The van der Waals surface area contributed by atoms with Gasteiger partial charge in [-0.1, -0.05) is 18.2 Å². The first-order valence-electron chi connectivity index (χ1n) is 12.9. The Morgan fingerprint density at radius 2 is 1.71 bits per heavy atom. The number of amides is 2. The summed E-state index contributed by atoms with van der Waals surface area (Å²) in [7, 11) is 3.85. The number of aromatic hydroxyl groups is 1. The highest BCUT2D eigenvalue weighted by molar-refractivity contribution is 6.05. The van der Waals surface area contributed by atoms with E-state index in [9.17, 15) is 14.7 Å². The highest BCUT2D eigenvalue weighted by atomic mass is 16.3. The van der Waals surface area contributed by atoms with Gasteiger partial charge in [-0.15, -0.1) is 0 Å². The Kier molecular flexibility index (Phi) is 8.03. The fourth-order valence-corrected chi connectivity index (χ4v) is 4.16. The second-order valence-corrected chi connectivity index (χ2v) is 9.53. The van der Waals surface area contributed by atoms with Crippen LogP contribution in [-0.2, 0) is 4.79 Å². The van der Waals surface area contributed by atoms with Crippen LogP contribution in [0.3, 0.4) is 0 Å². The van der Waals surface area contributed by atoms with Crippen molar-refractivity contribution >= 4 is 45.7 Å². The zero-order valence-corrected chi connectivity index (χ0v) is 22.6. The molecule has 0 unspecified atom stereocenters.